The number of carbonyl (C=O) groups excluding carboxylic acids is 4. The zero-order valence-corrected chi connectivity index (χ0v) is 23.4. The van der Waals surface area contributed by atoms with Gasteiger partial charge in [0.05, 0.1) is 28.9 Å². The Morgan fingerprint density at radius 2 is 0.818 bits per heavy atom. The second-order valence-corrected chi connectivity index (χ2v) is 9.49. The van der Waals surface area contributed by atoms with Crippen molar-refractivity contribution in [2.75, 3.05) is 6.61 Å². The first-order valence-electron chi connectivity index (χ1n) is 13.7. The van der Waals surface area contributed by atoms with Crippen molar-refractivity contribution in [3.8, 4) is 0 Å². The fourth-order valence-corrected chi connectivity index (χ4v) is 4.18. The van der Waals surface area contributed by atoms with E-state index in [0.717, 1.165) is 0 Å². The molecule has 0 saturated heterocycles. The second kappa shape index (κ2) is 15.8. The van der Waals surface area contributed by atoms with Crippen LogP contribution in [0.3, 0.4) is 0 Å². The van der Waals surface area contributed by atoms with E-state index in [-0.39, 0.29) is 35.3 Å². The summed E-state index contributed by atoms with van der Waals surface area (Å²) in [5.41, 5.74) is 0.606. The highest BCUT2D eigenvalue weighted by Gasteiger charge is 2.42. The third-order valence-electron chi connectivity index (χ3n) is 6.40. The van der Waals surface area contributed by atoms with Gasteiger partial charge in [-0.3, -0.25) is 0 Å². The van der Waals surface area contributed by atoms with Gasteiger partial charge in [0.15, 0.2) is 18.5 Å². The maximum Gasteiger partial charge on any atom is 0.338 e. The monoisotopic (exact) mass is 598 g/mol. The summed E-state index contributed by atoms with van der Waals surface area (Å²) in [5, 5.41) is 20.8. The molecular weight excluding hydrogens is 568 g/mol. The van der Waals surface area contributed by atoms with Gasteiger partial charge in [-0.2, -0.15) is 0 Å². The molecule has 0 amide bonds. The minimum absolute atomic E-state index is 0.0842. The number of rotatable bonds is 13. The Balaban J connectivity index is 1.66. The van der Waals surface area contributed by atoms with Crippen LogP contribution in [0, 0.1) is 0 Å². The molecule has 0 fully saturated rings. The Labute approximate surface area is 253 Å². The van der Waals surface area contributed by atoms with Gasteiger partial charge in [0.2, 0.25) is 0 Å². The van der Waals surface area contributed by atoms with Crippen molar-refractivity contribution in [1.82, 2.24) is 0 Å². The van der Waals surface area contributed by atoms with Crippen molar-refractivity contribution in [2.45, 2.75) is 31.0 Å². The fourth-order valence-electron chi connectivity index (χ4n) is 4.18. The molecule has 0 heterocycles. The quantitative estimate of drug-likeness (QED) is 0.130. The van der Waals surface area contributed by atoms with E-state index in [4.69, 9.17) is 18.9 Å². The minimum Gasteiger partial charge on any atom is -0.462 e. The molecular formula is C34H30O10. The van der Waals surface area contributed by atoms with E-state index in [1.54, 1.807) is 84.9 Å². The standard InChI is InChI=1S/C34H30O10/c35-30(36)29(44-34(40)26-19-11-4-12-20-26)28(43-33(39)25-17-9-3-10-18-25)27(42-32(38)24-15-7-2-8-16-24)21-22-41-31(37)23-13-5-1-6-14-23/h1-20,27-30,35-36H,21-22H2/t27-,28?,29?/m0/s1. The van der Waals surface area contributed by atoms with Crippen LogP contribution in [-0.2, 0) is 18.9 Å². The Kier molecular flexibility index (Phi) is 11.3. The third kappa shape index (κ3) is 8.84. The molecule has 0 radical (unpaired) electrons. The summed E-state index contributed by atoms with van der Waals surface area (Å²) in [7, 11) is 0. The topological polar surface area (TPSA) is 146 Å². The average molecular weight is 599 g/mol. The third-order valence-corrected chi connectivity index (χ3v) is 6.40. The second-order valence-electron chi connectivity index (χ2n) is 9.49. The predicted octanol–water partition coefficient (Wildman–Crippen LogP) is 4.22. The highest BCUT2D eigenvalue weighted by molar-refractivity contribution is 5.91. The number of aliphatic hydroxyl groups is 2. The van der Waals surface area contributed by atoms with E-state index < -0.39 is 48.5 Å². The van der Waals surface area contributed by atoms with E-state index in [2.05, 4.69) is 0 Å². The molecule has 0 spiro atoms. The van der Waals surface area contributed by atoms with Gasteiger partial charge in [-0.05, 0) is 48.5 Å². The summed E-state index contributed by atoms with van der Waals surface area (Å²) in [6.07, 6.45) is -7.79. The van der Waals surface area contributed by atoms with Gasteiger partial charge in [-0.15, -0.1) is 0 Å². The van der Waals surface area contributed by atoms with E-state index in [9.17, 15) is 29.4 Å². The van der Waals surface area contributed by atoms with Crippen LogP contribution in [-0.4, -0.2) is 65.3 Å². The van der Waals surface area contributed by atoms with Gasteiger partial charge in [0.25, 0.3) is 0 Å². The zero-order valence-electron chi connectivity index (χ0n) is 23.4. The Hall–Kier alpha value is -5.32. The van der Waals surface area contributed by atoms with Crippen LogP contribution in [0.5, 0.6) is 0 Å². The minimum atomic E-state index is -2.37. The van der Waals surface area contributed by atoms with Gasteiger partial charge in [0.1, 0.15) is 6.10 Å². The molecule has 0 aliphatic heterocycles. The first kappa shape index (κ1) is 31.6. The number of hydrogen-bond donors (Lipinski definition) is 2. The smallest absolute Gasteiger partial charge is 0.338 e. The molecule has 10 heteroatoms. The van der Waals surface area contributed by atoms with Gasteiger partial charge in [-0.1, -0.05) is 72.8 Å². The fraction of sp³-hybridized carbons (Fsp3) is 0.176. The summed E-state index contributed by atoms with van der Waals surface area (Å²) in [5.74, 6) is -3.37. The summed E-state index contributed by atoms with van der Waals surface area (Å²) in [4.78, 5) is 51.9. The summed E-state index contributed by atoms with van der Waals surface area (Å²) >= 11 is 0. The van der Waals surface area contributed by atoms with Crippen molar-refractivity contribution in [1.29, 1.82) is 0 Å². The molecule has 4 aromatic carbocycles. The van der Waals surface area contributed by atoms with E-state index in [1.165, 1.54) is 36.4 Å². The Morgan fingerprint density at radius 1 is 0.477 bits per heavy atom. The van der Waals surface area contributed by atoms with Crippen molar-refractivity contribution >= 4 is 23.9 Å². The highest BCUT2D eigenvalue weighted by Crippen LogP contribution is 2.23. The van der Waals surface area contributed by atoms with Crippen molar-refractivity contribution < 1.29 is 48.3 Å². The van der Waals surface area contributed by atoms with Crippen LogP contribution < -0.4 is 0 Å². The number of aliphatic hydroxyl groups excluding tert-OH is 1. The van der Waals surface area contributed by atoms with Crippen molar-refractivity contribution in [2.24, 2.45) is 0 Å². The van der Waals surface area contributed by atoms with E-state index in [0.29, 0.717) is 0 Å². The van der Waals surface area contributed by atoms with Gasteiger partial charge >= 0.3 is 23.9 Å². The molecule has 2 N–H and O–H groups in total. The first-order valence-corrected chi connectivity index (χ1v) is 13.7. The Bertz CT molecular complexity index is 1510. The molecule has 4 aromatic rings. The van der Waals surface area contributed by atoms with Crippen molar-refractivity contribution in [3.05, 3.63) is 144 Å². The van der Waals surface area contributed by atoms with Gasteiger partial charge in [0, 0.05) is 6.42 Å². The first-order chi connectivity index (χ1) is 21.3. The lowest BCUT2D eigenvalue weighted by Gasteiger charge is -2.33. The lowest BCUT2D eigenvalue weighted by molar-refractivity contribution is -0.181. The number of ether oxygens (including phenoxy) is 4. The molecule has 0 saturated carbocycles. The lowest BCUT2D eigenvalue weighted by Crippen LogP contribution is -2.51. The number of esters is 4. The molecule has 2 unspecified atom stereocenters. The van der Waals surface area contributed by atoms with Crippen LogP contribution >= 0.6 is 0 Å². The average Bonchev–Trinajstić information content (AvgIpc) is 3.07. The molecule has 10 nitrogen and oxygen atoms in total. The highest BCUT2D eigenvalue weighted by atomic mass is 16.6. The van der Waals surface area contributed by atoms with Crippen molar-refractivity contribution in [3.63, 3.8) is 0 Å². The zero-order chi connectivity index (χ0) is 31.3. The van der Waals surface area contributed by atoms with Crippen LogP contribution in [0.25, 0.3) is 0 Å². The normalized spacial score (nSPS) is 12.8. The lowest BCUT2D eigenvalue weighted by atomic mass is 10.0. The van der Waals surface area contributed by atoms with Crippen LogP contribution in [0.4, 0.5) is 0 Å². The number of carbonyl (C=O) groups is 4. The summed E-state index contributed by atoms with van der Waals surface area (Å²) < 4.78 is 22.2. The maximum absolute atomic E-state index is 13.2. The molecule has 0 bridgehead atoms. The molecule has 44 heavy (non-hydrogen) atoms. The summed E-state index contributed by atoms with van der Waals surface area (Å²) in [6.45, 7) is -0.333. The SMILES string of the molecule is O=C(OCC[C@H](OC(=O)c1ccccc1)C(OC(=O)c1ccccc1)C(OC(=O)c1ccccc1)C(O)O)c1ccccc1. The van der Waals surface area contributed by atoms with Crippen LogP contribution in [0.1, 0.15) is 47.9 Å². The molecule has 0 aromatic heterocycles. The number of benzene rings is 4. The van der Waals surface area contributed by atoms with Gasteiger partial charge < -0.3 is 29.2 Å². The van der Waals surface area contributed by atoms with Gasteiger partial charge in [-0.25, -0.2) is 19.2 Å². The van der Waals surface area contributed by atoms with E-state index >= 15 is 0 Å². The Morgan fingerprint density at radius 3 is 1.20 bits per heavy atom. The number of hydrogen-bond acceptors (Lipinski definition) is 10. The molecule has 0 aliphatic rings. The maximum atomic E-state index is 13.2. The predicted molar refractivity (Wildman–Crippen MR) is 157 cm³/mol. The molecule has 226 valence electrons. The molecule has 0 aliphatic carbocycles. The van der Waals surface area contributed by atoms with E-state index in [1.807, 2.05) is 0 Å². The largest absolute Gasteiger partial charge is 0.462 e. The summed E-state index contributed by atoms with van der Waals surface area (Å²) in [6, 6.07) is 31.6. The molecule has 4 rings (SSSR count). The molecule has 3 atom stereocenters. The van der Waals surface area contributed by atoms with Crippen LogP contribution in [0.2, 0.25) is 0 Å². The van der Waals surface area contributed by atoms with Crippen LogP contribution in [0.15, 0.2) is 121 Å².